The van der Waals surface area contributed by atoms with Crippen LogP contribution in [0.15, 0.2) is 84.3 Å². The molecule has 12 heteroatoms. The average molecular weight is 718 g/mol. The fourth-order valence-corrected chi connectivity index (χ4v) is 8.83. The number of nitrogens with one attached hydrogen (secondary N) is 1. The van der Waals surface area contributed by atoms with Crippen molar-refractivity contribution < 1.29 is 27.4 Å². The standard InChI is InChI=1S/C39H51N5O6S/c1-5-33(44-27-40-26-42-44)22-32-23-35(30-11-9-29(10-12-30)25-48-4)38(24-41-32)50-39(51(45,46)34-14-7-28(2)8-15-34)31-13-16-37-36(21-31)43(18-20-49-37)17-6-19-47-3/h7-16,21,26-27,32-33,35,38-39,41H,5-6,17-20,22-25H2,1-4H3/t32-,33?,35+,38-,39?/m0/s1. The molecule has 5 atom stereocenters. The van der Waals surface area contributed by atoms with Crippen LogP contribution in [0.3, 0.4) is 0 Å². The second-order valence-corrected chi connectivity index (χ2v) is 15.6. The number of piperidine rings is 1. The van der Waals surface area contributed by atoms with Crippen molar-refractivity contribution in [3.63, 3.8) is 0 Å². The van der Waals surface area contributed by atoms with Gasteiger partial charge in [0.1, 0.15) is 25.0 Å². The number of hydrogen-bond acceptors (Lipinski definition) is 10. The summed E-state index contributed by atoms with van der Waals surface area (Å²) >= 11 is 0. The molecule has 6 rings (SSSR count). The molecule has 1 saturated heterocycles. The van der Waals surface area contributed by atoms with E-state index in [1.54, 1.807) is 39.0 Å². The first-order valence-corrected chi connectivity index (χ1v) is 19.5. The van der Waals surface area contributed by atoms with E-state index in [2.05, 4.69) is 51.5 Å². The lowest BCUT2D eigenvalue weighted by Gasteiger charge is -2.40. The van der Waals surface area contributed by atoms with Crippen LogP contribution < -0.4 is 15.0 Å². The van der Waals surface area contributed by atoms with Gasteiger partial charge in [-0.1, -0.05) is 55.0 Å². The van der Waals surface area contributed by atoms with E-state index in [9.17, 15) is 8.42 Å². The minimum absolute atomic E-state index is 0.0664. The number of benzene rings is 3. The first-order valence-electron chi connectivity index (χ1n) is 17.9. The van der Waals surface area contributed by atoms with E-state index in [-0.39, 0.29) is 22.9 Å². The number of methoxy groups -OCH3 is 2. The average Bonchev–Trinajstić information content (AvgIpc) is 3.69. The molecule has 1 N–H and O–H groups in total. The van der Waals surface area contributed by atoms with Gasteiger partial charge in [-0.2, -0.15) is 5.10 Å². The van der Waals surface area contributed by atoms with Crippen LogP contribution in [0, 0.1) is 6.92 Å². The van der Waals surface area contributed by atoms with Crippen molar-refractivity contribution in [1.82, 2.24) is 20.1 Å². The molecule has 0 amide bonds. The van der Waals surface area contributed by atoms with Gasteiger partial charge in [0.05, 0.1) is 35.9 Å². The van der Waals surface area contributed by atoms with Crippen molar-refractivity contribution in [3.05, 3.63) is 102 Å². The highest BCUT2D eigenvalue weighted by molar-refractivity contribution is 7.91. The summed E-state index contributed by atoms with van der Waals surface area (Å²) in [6, 6.07) is 21.4. The predicted octanol–water partition coefficient (Wildman–Crippen LogP) is 6.01. The minimum Gasteiger partial charge on any atom is -0.490 e. The molecule has 1 aromatic heterocycles. The first kappa shape index (κ1) is 37.0. The lowest BCUT2D eigenvalue weighted by Crippen LogP contribution is -2.48. The largest absolute Gasteiger partial charge is 0.490 e. The zero-order valence-corrected chi connectivity index (χ0v) is 30.9. The normalized spacial score (nSPS) is 20.4. The van der Waals surface area contributed by atoms with Gasteiger partial charge in [0.2, 0.25) is 9.84 Å². The second kappa shape index (κ2) is 17.1. The van der Waals surface area contributed by atoms with E-state index < -0.39 is 21.4 Å². The summed E-state index contributed by atoms with van der Waals surface area (Å²) in [4.78, 5) is 6.64. The maximum Gasteiger partial charge on any atom is 0.209 e. The Kier molecular flexibility index (Phi) is 12.4. The van der Waals surface area contributed by atoms with Gasteiger partial charge >= 0.3 is 0 Å². The van der Waals surface area contributed by atoms with Crippen LogP contribution >= 0.6 is 0 Å². The molecule has 11 nitrogen and oxygen atoms in total. The van der Waals surface area contributed by atoms with E-state index in [1.165, 1.54) is 0 Å². The zero-order chi connectivity index (χ0) is 35.8. The summed E-state index contributed by atoms with van der Waals surface area (Å²) in [6.07, 6.45) is 6.30. The Morgan fingerprint density at radius 3 is 2.55 bits per heavy atom. The van der Waals surface area contributed by atoms with Gasteiger partial charge in [-0.05, 0) is 73.6 Å². The number of aromatic nitrogens is 3. The number of hydrogen-bond donors (Lipinski definition) is 1. The number of aryl methyl sites for hydroxylation is 1. The summed E-state index contributed by atoms with van der Waals surface area (Å²) in [6.45, 7) is 7.80. The molecule has 0 bridgehead atoms. The van der Waals surface area contributed by atoms with Gasteiger partial charge in [-0.15, -0.1) is 0 Å². The summed E-state index contributed by atoms with van der Waals surface area (Å²) in [5.41, 5.74) is 3.37. The number of sulfone groups is 1. The van der Waals surface area contributed by atoms with Crippen molar-refractivity contribution in [2.45, 2.75) is 80.6 Å². The van der Waals surface area contributed by atoms with Crippen LogP contribution in [0.4, 0.5) is 5.69 Å². The maximum absolute atomic E-state index is 14.7. The molecule has 51 heavy (non-hydrogen) atoms. The van der Waals surface area contributed by atoms with Crippen LogP contribution in [-0.4, -0.2) is 82.4 Å². The van der Waals surface area contributed by atoms with Crippen molar-refractivity contribution in [2.24, 2.45) is 0 Å². The highest BCUT2D eigenvalue weighted by Crippen LogP contribution is 2.42. The smallest absolute Gasteiger partial charge is 0.209 e. The van der Waals surface area contributed by atoms with Gasteiger partial charge in [0.15, 0.2) is 5.44 Å². The molecule has 2 aliphatic rings. The summed E-state index contributed by atoms with van der Waals surface area (Å²) in [5.74, 6) is 0.672. The number of fused-ring (bicyclic) bond motifs is 1. The van der Waals surface area contributed by atoms with Crippen LogP contribution in [0.2, 0.25) is 0 Å². The Labute approximate surface area is 302 Å². The number of anilines is 1. The highest BCUT2D eigenvalue weighted by Gasteiger charge is 2.40. The Morgan fingerprint density at radius 2 is 1.84 bits per heavy atom. The molecule has 0 aliphatic carbocycles. The predicted molar refractivity (Wildman–Crippen MR) is 197 cm³/mol. The van der Waals surface area contributed by atoms with E-state index in [0.717, 1.165) is 60.4 Å². The van der Waals surface area contributed by atoms with Crippen LogP contribution in [0.25, 0.3) is 0 Å². The third-order valence-electron chi connectivity index (χ3n) is 10.1. The molecule has 274 valence electrons. The molecule has 2 aliphatic heterocycles. The van der Waals surface area contributed by atoms with Crippen molar-refractivity contribution in [3.8, 4) is 5.75 Å². The van der Waals surface area contributed by atoms with Gasteiger partial charge < -0.3 is 29.2 Å². The SMILES string of the molecule is CCC(C[C@H]1C[C@H](c2ccc(COC)cc2)[C@@H](OC(c2ccc3c(c2)N(CCCOC)CCO3)S(=O)(=O)c2ccc(C)cc2)CN1)n1cncn1. The lowest BCUT2D eigenvalue weighted by molar-refractivity contribution is -0.00775. The Hall–Kier alpha value is -3.81. The number of rotatable bonds is 16. The molecular weight excluding hydrogens is 667 g/mol. The van der Waals surface area contributed by atoms with E-state index in [1.807, 2.05) is 41.9 Å². The third-order valence-corrected chi connectivity index (χ3v) is 11.9. The molecule has 4 aromatic rings. The Balaban J connectivity index is 1.35. The summed E-state index contributed by atoms with van der Waals surface area (Å²) in [7, 11) is -0.596. The summed E-state index contributed by atoms with van der Waals surface area (Å²) in [5, 5.41) is 8.15. The number of ether oxygens (including phenoxy) is 4. The van der Waals surface area contributed by atoms with Crippen molar-refractivity contribution >= 4 is 15.5 Å². The lowest BCUT2D eigenvalue weighted by atomic mass is 9.82. The molecule has 3 aromatic carbocycles. The quantitative estimate of drug-likeness (QED) is 0.138. The molecular formula is C39H51N5O6S. The molecule has 0 radical (unpaired) electrons. The third kappa shape index (κ3) is 8.81. The topological polar surface area (TPSA) is 117 Å². The van der Waals surface area contributed by atoms with Crippen molar-refractivity contribution in [1.29, 1.82) is 0 Å². The molecule has 2 unspecified atom stereocenters. The van der Waals surface area contributed by atoms with E-state index >= 15 is 0 Å². The minimum atomic E-state index is -3.99. The monoisotopic (exact) mass is 717 g/mol. The van der Waals surface area contributed by atoms with E-state index in [0.29, 0.717) is 38.5 Å². The van der Waals surface area contributed by atoms with Crippen LogP contribution in [-0.2, 0) is 30.7 Å². The number of nitrogens with zero attached hydrogens (tertiary/aromatic N) is 4. The molecule has 3 heterocycles. The highest BCUT2D eigenvalue weighted by atomic mass is 32.2. The van der Waals surface area contributed by atoms with Gasteiger partial charge in [0, 0.05) is 45.9 Å². The van der Waals surface area contributed by atoms with Gasteiger partial charge in [-0.3, -0.25) is 0 Å². The molecule has 0 spiro atoms. The van der Waals surface area contributed by atoms with Crippen LogP contribution in [0.5, 0.6) is 5.75 Å². The van der Waals surface area contributed by atoms with Gasteiger partial charge in [-0.25, -0.2) is 18.1 Å². The van der Waals surface area contributed by atoms with Crippen LogP contribution in [0.1, 0.15) is 72.3 Å². The molecule has 1 fully saturated rings. The fraction of sp³-hybridized carbons (Fsp3) is 0.487. The van der Waals surface area contributed by atoms with Gasteiger partial charge in [0.25, 0.3) is 0 Å². The fourth-order valence-electron chi connectivity index (χ4n) is 7.27. The summed E-state index contributed by atoms with van der Waals surface area (Å²) < 4.78 is 55.0. The second-order valence-electron chi connectivity index (χ2n) is 13.6. The molecule has 0 saturated carbocycles. The Bertz CT molecular complexity index is 1790. The first-order chi connectivity index (χ1) is 24.8. The van der Waals surface area contributed by atoms with E-state index in [4.69, 9.17) is 18.9 Å². The maximum atomic E-state index is 14.7. The Morgan fingerprint density at radius 1 is 1.04 bits per heavy atom. The van der Waals surface area contributed by atoms with Crippen molar-refractivity contribution in [2.75, 3.05) is 52.0 Å². The zero-order valence-electron chi connectivity index (χ0n) is 30.1.